The number of rotatable bonds is 4. The van der Waals surface area contributed by atoms with Gasteiger partial charge in [0.1, 0.15) is 0 Å². The van der Waals surface area contributed by atoms with E-state index in [0.717, 1.165) is 23.7 Å². The van der Waals surface area contributed by atoms with Crippen molar-refractivity contribution in [2.24, 2.45) is 23.7 Å². The van der Waals surface area contributed by atoms with Crippen LogP contribution in [0.1, 0.15) is 46.5 Å². The monoisotopic (exact) mass is 204 g/mol. The fourth-order valence-electron chi connectivity index (χ4n) is 3.18. The zero-order chi connectivity index (χ0) is 10.8. The van der Waals surface area contributed by atoms with Gasteiger partial charge in [-0.25, -0.2) is 0 Å². The van der Waals surface area contributed by atoms with Crippen molar-refractivity contribution in [1.82, 2.24) is 0 Å². The Hall–Kier alpha value is -0.520. The summed E-state index contributed by atoms with van der Waals surface area (Å²) in [6.45, 7) is 6.98. The molecule has 4 atom stereocenters. The summed E-state index contributed by atoms with van der Waals surface area (Å²) in [4.78, 5) is 0. The Morgan fingerprint density at radius 2 is 2.20 bits per heavy atom. The summed E-state index contributed by atoms with van der Waals surface area (Å²) < 4.78 is 0. The average Bonchev–Trinajstić information content (AvgIpc) is 2.79. The third-order valence-corrected chi connectivity index (χ3v) is 4.31. The van der Waals surface area contributed by atoms with Gasteiger partial charge in [0.05, 0.1) is 0 Å². The van der Waals surface area contributed by atoms with E-state index in [0.29, 0.717) is 0 Å². The van der Waals surface area contributed by atoms with E-state index in [4.69, 9.17) is 0 Å². The highest BCUT2D eigenvalue weighted by atomic mass is 14.4. The van der Waals surface area contributed by atoms with Gasteiger partial charge < -0.3 is 0 Å². The van der Waals surface area contributed by atoms with Crippen LogP contribution in [0.25, 0.3) is 0 Å². The maximum absolute atomic E-state index is 2.58. The van der Waals surface area contributed by atoms with E-state index in [1.807, 2.05) is 0 Å². The Kier molecular flexibility index (Phi) is 3.33. The number of allylic oxidation sites excluding steroid dienone is 4. The van der Waals surface area contributed by atoms with Gasteiger partial charge in [0.2, 0.25) is 0 Å². The largest absolute Gasteiger partial charge is 0.0851 e. The van der Waals surface area contributed by atoms with Gasteiger partial charge in [-0.05, 0) is 49.9 Å². The molecule has 84 valence electrons. The van der Waals surface area contributed by atoms with E-state index in [-0.39, 0.29) is 0 Å². The summed E-state index contributed by atoms with van der Waals surface area (Å²) in [5.74, 6) is 3.43. The van der Waals surface area contributed by atoms with Gasteiger partial charge in [-0.2, -0.15) is 0 Å². The fraction of sp³-hybridized carbons (Fsp3) is 0.733. The molecule has 0 radical (unpaired) electrons. The van der Waals surface area contributed by atoms with Crippen LogP contribution in [-0.2, 0) is 0 Å². The number of fused-ring (bicyclic) bond motifs is 2. The first kappa shape index (κ1) is 11.0. The lowest BCUT2D eigenvalue weighted by atomic mass is 9.88. The van der Waals surface area contributed by atoms with Crippen molar-refractivity contribution in [2.75, 3.05) is 0 Å². The molecule has 0 aliphatic heterocycles. The Labute approximate surface area is 94.5 Å². The van der Waals surface area contributed by atoms with Crippen molar-refractivity contribution in [3.63, 3.8) is 0 Å². The summed E-state index contributed by atoms with van der Waals surface area (Å²) in [5.41, 5.74) is 1.63. The van der Waals surface area contributed by atoms with Gasteiger partial charge in [0.15, 0.2) is 0 Å². The molecule has 0 saturated heterocycles. The van der Waals surface area contributed by atoms with E-state index >= 15 is 0 Å². The Morgan fingerprint density at radius 1 is 1.40 bits per heavy atom. The minimum absolute atomic E-state index is 0.790. The van der Waals surface area contributed by atoms with E-state index in [1.54, 1.807) is 5.57 Å². The van der Waals surface area contributed by atoms with Crippen LogP contribution in [0.4, 0.5) is 0 Å². The molecule has 2 aliphatic rings. The second-order valence-corrected chi connectivity index (χ2v) is 5.54. The van der Waals surface area contributed by atoms with Gasteiger partial charge in [-0.1, -0.05) is 44.1 Å². The maximum atomic E-state index is 2.58. The van der Waals surface area contributed by atoms with Crippen LogP contribution in [0, 0.1) is 23.7 Å². The summed E-state index contributed by atoms with van der Waals surface area (Å²) >= 11 is 0. The zero-order valence-electron chi connectivity index (χ0n) is 10.4. The molecular formula is C15H24. The Bertz CT molecular complexity index is 272. The van der Waals surface area contributed by atoms with E-state index in [2.05, 4.69) is 39.0 Å². The lowest BCUT2D eigenvalue weighted by molar-refractivity contribution is 0.529. The summed E-state index contributed by atoms with van der Waals surface area (Å²) in [6.07, 6.45) is 13.0. The van der Waals surface area contributed by atoms with Gasteiger partial charge >= 0.3 is 0 Å². The highest BCUT2D eigenvalue weighted by Crippen LogP contribution is 2.44. The first-order valence-corrected chi connectivity index (χ1v) is 6.57. The normalized spacial score (nSPS) is 36.2. The van der Waals surface area contributed by atoms with Gasteiger partial charge in [0.25, 0.3) is 0 Å². The van der Waals surface area contributed by atoms with Crippen molar-refractivity contribution >= 4 is 0 Å². The van der Waals surface area contributed by atoms with Crippen molar-refractivity contribution in [1.29, 1.82) is 0 Å². The van der Waals surface area contributed by atoms with E-state index in [1.165, 1.54) is 25.7 Å². The zero-order valence-corrected chi connectivity index (χ0v) is 10.4. The second-order valence-electron chi connectivity index (χ2n) is 5.54. The number of hydrogen-bond donors (Lipinski definition) is 0. The third kappa shape index (κ3) is 2.35. The quantitative estimate of drug-likeness (QED) is 0.588. The van der Waals surface area contributed by atoms with Crippen LogP contribution < -0.4 is 0 Å². The molecule has 4 unspecified atom stereocenters. The van der Waals surface area contributed by atoms with Gasteiger partial charge in [-0.3, -0.25) is 0 Å². The van der Waals surface area contributed by atoms with E-state index in [9.17, 15) is 0 Å². The molecule has 1 saturated carbocycles. The second kappa shape index (κ2) is 4.55. The molecular weight excluding hydrogens is 180 g/mol. The molecule has 0 N–H and O–H groups in total. The van der Waals surface area contributed by atoms with E-state index < -0.39 is 0 Å². The Balaban J connectivity index is 1.95. The lowest BCUT2D eigenvalue weighted by Gasteiger charge is -2.18. The SMILES string of the molecule is CCCC(C)/C(C)=C/C1CC2C=CC1C2. The van der Waals surface area contributed by atoms with Crippen LogP contribution >= 0.6 is 0 Å². The third-order valence-electron chi connectivity index (χ3n) is 4.31. The molecule has 2 bridgehead atoms. The highest BCUT2D eigenvalue weighted by Gasteiger charge is 2.34. The minimum Gasteiger partial charge on any atom is -0.0851 e. The van der Waals surface area contributed by atoms with Crippen LogP contribution in [0.3, 0.4) is 0 Å². The first-order valence-electron chi connectivity index (χ1n) is 6.57. The highest BCUT2D eigenvalue weighted by molar-refractivity contribution is 5.17. The summed E-state index contributed by atoms with van der Waals surface area (Å²) in [5, 5.41) is 0. The smallest absolute Gasteiger partial charge is 0.0162 e. The maximum Gasteiger partial charge on any atom is -0.0162 e. The molecule has 0 heterocycles. The van der Waals surface area contributed by atoms with Gasteiger partial charge in [0, 0.05) is 0 Å². The molecule has 0 amide bonds. The average molecular weight is 204 g/mol. The van der Waals surface area contributed by atoms with Crippen molar-refractivity contribution in [3.05, 3.63) is 23.8 Å². The van der Waals surface area contributed by atoms with Crippen LogP contribution in [0.5, 0.6) is 0 Å². The van der Waals surface area contributed by atoms with Crippen molar-refractivity contribution in [2.45, 2.75) is 46.5 Å². The molecule has 0 aromatic heterocycles. The molecule has 0 nitrogen and oxygen atoms in total. The van der Waals surface area contributed by atoms with Crippen molar-refractivity contribution in [3.8, 4) is 0 Å². The summed E-state index contributed by atoms with van der Waals surface area (Å²) in [6, 6.07) is 0. The Morgan fingerprint density at radius 3 is 2.73 bits per heavy atom. The van der Waals surface area contributed by atoms with Crippen LogP contribution in [0.2, 0.25) is 0 Å². The first-order chi connectivity index (χ1) is 7.20. The van der Waals surface area contributed by atoms with Gasteiger partial charge in [-0.15, -0.1) is 0 Å². The lowest BCUT2D eigenvalue weighted by Crippen LogP contribution is -2.06. The predicted molar refractivity (Wildman–Crippen MR) is 66.7 cm³/mol. The van der Waals surface area contributed by atoms with Crippen LogP contribution in [0.15, 0.2) is 23.8 Å². The fourth-order valence-corrected chi connectivity index (χ4v) is 3.18. The molecule has 1 fully saturated rings. The molecule has 0 aromatic carbocycles. The standard InChI is InChI=1S/C15H24/c1-4-5-11(2)12(3)8-15-10-13-6-7-14(15)9-13/h6-8,11,13-15H,4-5,9-10H2,1-3H3/b12-8+. The number of hydrogen-bond acceptors (Lipinski definition) is 0. The predicted octanol–water partition coefficient (Wildman–Crippen LogP) is 4.58. The topological polar surface area (TPSA) is 0 Å². The van der Waals surface area contributed by atoms with Crippen molar-refractivity contribution < 1.29 is 0 Å². The van der Waals surface area contributed by atoms with Crippen LogP contribution in [-0.4, -0.2) is 0 Å². The molecule has 2 rings (SSSR count). The molecule has 0 spiro atoms. The molecule has 0 heteroatoms. The molecule has 15 heavy (non-hydrogen) atoms. The minimum atomic E-state index is 0.790. The summed E-state index contributed by atoms with van der Waals surface area (Å²) in [7, 11) is 0. The molecule has 2 aliphatic carbocycles. The molecule has 0 aromatic rings.